The topological polar surface area (TPSA) is 88.4 Å². The summed E-state index contributed by atoms with van der Waals surface area (Å²) < 4.78 is 28.4. The van der Waals surface area contributed by atoms with Crippen LogP contribution in [0.25, 0.3) is 0 Å². The van der Waals surface area contributed by atoms with Gasteiger partial charge in [0.05, 0.1) is 0 Å². The molecule has 0 bridgehead atoms. The van der Waals surface area contributed by atoms with Crippen molar-refractivity contribution in [2.75, 3.05) is 0 Å². The first kappa shape index (κ1) is 14.8. The molecule has 1 aromatic heterocycles. The first-order chi connectivity index (χ1) is 9.35. The molecule has 2 N–H and O–H groups in total. The van der Waals surface area contributed by atoms with Crippen LogP contribution < -0.4 is 4.72 Å². The van der Waals surface area contributed by atoms with Crippen molar-refractivity contribution in [3.63, 3.8) is 0 Å². The molecule has 1 fully saturated rings. The van der Waals surface area contributed by atoms with Crippen LogP contribution in [0.1, 0.15) is 42.7 Å². The number of rotatable bonds is 7. The van der Waals surface area contributed by atoms with E-state index >= 15 is 0 Å². The van der Waals surface area contributed by atoms with E-state index in [9.17, 15) is 13.2 Å². The van der Waals surface area contributed by atoms with E-state index in [1.807, 2.05) is 0 Å². The molecular weight excluding hydrogens is 280 g/mol. The molecular formula is C13H18N2O4S. The van der Waals surface area contributed by atoms with Gasteiger partial charge in [0, 0.05) is 18.3 Å². The lowest BCUT2D eigenvalue weighted by molar-refractivity contribution is 0.0685. The van der Waals surface area contributed by atoms with Gasteiger partial charge >= 0.3 is 5.97 Å². The first-order valence-corrected chi connectivity index (χ1v) is 7.92. The molecule has 110 valence electrons. The predicted octanol–water partition coefficient (Wildman–Crippen LogP) is 1.76. The van der Waals surface area contributed by atoms with Gasteiger partial charge in [-0.3, -0.25) is 0 Å². The van der Waals surface area contributed by atoms with Crippen molar-refractivity contribution >= 4 is 16.0 Å². The Hall–Kier alpha value is -1.60. The van der Waals surface area contributed by atoms with Crippen molar-refractivity contribution in [1.29, 1.82) is 0 Å². The summed E-state index contributed by atoms with van der Waals surface area (Å²) in [4.78, 5) is 11.2. The molecule has 0 aliphatic heterocycles. The van der Waals surface area contributed by atoms with Crippen molar-refractivity contribution in [2.45, 2.75) is 43.2 Å². The van der Waals surface area contributed by atoms with E-state index in [1.54, 1.807) is 13.0 Å². The molecule has 1 aliphatic carbocycles. The Morgan fingerprint density at radius 1 is 1.65 bits per heavy atom. The summed E-state index contributed by atoms with van der Waals surface area (Å²) in [5, 5.41) is 9.14. The summed E-state index contributed by atoms with van der Waals surface area (Å²) in [7, 11) is -3.70. The fourth-order valence-electron chi connectivity index (χ4n) is 2.06. The Labute approximate surface area is 118 Å². The Bertz CT molecular complexity index is 629. The lowest BCUT2D eigenvalue weighted by atomic mass is 10.3. The summed E-state index contributed by atoms with van der Waals surface area (Å²) in [6, 6.07) is 1.04. The maximum absolute atomic E-state index is 12.2. The number of hydrogen-bond acceptors (Lipinski definition) is 3. The molecule has 0 spiro atoms. The van der Waals surface area contributed by atoms with Crippen LogP contribution in [0, 0.1) is 0 Å². The third kappa shape index (κ3) is 3.10. The number of aromatic nitrogens is 1. The highest BCUT2D eigenvalue weighted by Gasteiger charge is 2.30. The van der Waals surface area contributed by atoms with E-state index in [4.69, 9.17) is 5.11 Å². The molecule has 1 atom stereocenters. The molecule has 0 amide bonds. The number of carbonyl (C=O) groups is 1. The summed E-state index contributed by atoms with van der Waals surface area (Å²) in [5.41, 5.74) is 0.0178. The van der Waals surface area contributed by atoms with Gasteiger partial charge in [0.1, 0.15) is 10.6 Å². The number of nitrogens with one attached hydrogen (secondary N) is 1. The zero-order chi connectivity index (χ0) is 14.9. The molecule has 0 aromatic carbocycles. The molecule has 20 heavy (non-hydrogen) atoms. The smallest absolute Gasteiger partial charge is 0.352 e. The van der Waals surface area contributed by atoms with Gasteiger partial charge in [0.25, 0.3) is 0 Å². The van der Waals surface area contributed by atoms with E-state index in [1.165, 1.54) is 16.8 Å². The second-order valence-corrected chi connectivity index (χ2v) is 6.77. The highest BCUT2D eigenvalue weighted by atomic mass is 32.2. The van der Waals surface area contributed by atoms with E-state index in [0.29, 0.717) is 6.42 Å². The van der Waals surface area contributed by atoms with Crippen LogP contribution in [0.5, 0.6) is 0 Å². The zero-order valence-electron chi connectivity index (χ0n) is 11.2. The highest BCUT2D eigenvalue weighted by Crippen LogP contribution is 2.37. The van der Waals surface area contributed by atoms with Gasteiger partial charge in [-0.25, -0.2) is 17.9 Å². The maximum Gasteiger partial charge on any atom is 0.352 e. The van der Waals surface area contributed by atoms with Crippen molar-refractivity contribution in [2.24, 2.45) is 0 Å². The quantitative estimate of drug-likeness (QED) is 0.751. The molecule has 0 radical (unpaired) electrons. The van der Waals surface area contributed by atoms with Crippen LogP contribution >= 0.6 is 0 Å². The van der Waals surface area contributed by atoms with Gasteiger partial charge in [-0.05, 0) is 32.3 Å². The third-order valence-electron chi connectivity index (χ3n) is 3.17. The van der Waals surface area contributed by atoms with Crippen LogP contribution in [-0.4, -0.2) is 30.1 Å². The molecule has 0 saturated heterocycles. The molecule has 1 aromatic rings. The number of nitrogens with zero attached hydrogens (tertiary/aromatic N) is 1. The number of sulfonamides is 1. The lowest BCUT2D eigenvalue weighted by Crippen LogP contribution is -2.31. The van der Waals surface area contributed by atoms with Crippen LogP contribution in [0.3, 0.4) is 0 Å². The van der Waals surface area contributed by atoms with Crippen LogP contribution in [0.15, 0.2) is 29.8 Å². The molecule has 6 nitrogen and oxygen atoms in total. The SMILES string of the molecule is C=CCC(C)NS(=O)(=O)c1cc(C(=O)O)n(C2CC2)c1. The molecule has 1 unspecified atom stereocenters. The van der Waals surface area contributed by atoms with Crippen LogP contribution in [-0.2, 0) is 10.0 Å². The standard InChI is InChI=1S/C13H18N2O4S/c1-3-4-9(2)14-20(18,19)11-7-12(13(16)17)15(8-11)10-5-6-10/h3,7-10,14H,1,4-6H2,2H3,(H,16,17). The first-order valence-electron chi connectivity index (χ1n) is 6.43. The maximum atomic E-state index is 12.2. The van der Waals surface area contributed by atoms with Crippen molar-refractivity contribution in [1.82, 2.24) is 9.29 Å². The average Bonchev–Trinajstić information content (AvgIpc) is 3.06. The number of hydrogen-bond donors (Lipinski definition) is 2. The Balaban J connectivity index is 2.30. The summed E-state index contributed by atoms with van der Waals surface area (Å²) in [6.07, 6.45) is 5.31. The minimum Gasteiger partial charge on any atom is -0.477 e. The summed E-state index contributed by atoms with van der Waals surface area (Å²) in [5.74, 6) is -1.11. The van der Waals surface area contributed by atoms with Gasteiger partial charge in [0.2, 0.25) is 10.0 Å². The minimum absolute atomic E-state index is 0.00212. The van der Waals surface area contributed by atoms with Gasteiger partial charge in [-0.2, -0.15) is 0 Å². The predicted molar refractivity (Wildman–Crippen MR) is 74.3 cm³/mol. The number of carboxylic acid groups (broad SMARTS) is 1. The molecule has 1 heterocycles. The van der Waals surface area contributed by atoms with Crippen molar-refractivity contribution in [3.05, 3.63) is 30.6 Å². The molecule has 1 saturated carbocycles. The molecule has 7 heteroatoms. The fraction of sp³-hybridized carbons (Fsp3) is 0.462. The monoisotopic (exact) mass is 298 g/mol. The normalized spacial score (nSPS) is 16.9. The van der Waals surface area contributed by atoms with Gasteiger partial charge in [-0.15, -0.1) is 6.58 Å². The van der Waals surface area contributed by atoms with E-state index in [-0.39, 0.29) is 22.7 Å². The van der Waals surface area contributed by atoms with Gasteiger partial charge in [-0.1, -0.05) is 6.08 Å². The Kier molecular flexibility index (Phi) is 4.01. The Morgan fingerprint density at radius 2 is 2.30 bits per heavy atom. The minimum atomic E-state index is -3.70. The largest absolute Gasteiger partial charge is 0.477 e. The molecule has 2 rings (SSSR count). The lowest BCUT2D eigenvalue weighted by Gasteiger charge is -2.10. The summed E-state index contributed by atoms with van der Waals surface area (Å²) in [6.45, 7) is 5.29. The third-order valence-corrected chi connectivity index (χ3v) is 4.73. The van der Waals surface area contributed by atoms with Crippen LogP contribution in [0.2, 0.25) is 0 Å². The number of aromatic carboxylic acids is 1. The van der Waals surface area contributed by atoms with E-state index in [2.05, 4.69) is 11.3 Å². The van der Waals surface area contributed by atoms with E-state index < -0.39 is 16.0 Å². The number of carboxylic acids is 1. The fourth-order valence-corrected chi connectivity index (χ4v) is 3.34. The highest BCUT2D eigenvalue weighted by molar-refractivity contribution is 7.89. The van der Waals surface area contributed by atoms with Gasteiger partial charge < -0.3 is 9.67 Å². The Morgan fingerprint density at radius 3 is 2.80 bits per heavy atom. The van der Waals surface area contributed by atoms with Crippen LogP contribution in [0.4, 0.5) is 0 Å². The summed E-state index contributed by atoms with van der Waals surface area (Å²) >= 11 is 0. The van der Waals surface area contributed by atoms with Crippen molar-refractivity contribution in [3.8, 4) is 0 Å². The second-order valence-electron chi connectivity index (χ2n) is 5.05. The van der Waals surface area contributed by atoms with E-state index in [0.717, 1.165) is 12.8 Å². The van der Waals surface area contributed by atoms with Crippen molar-refractivity contribution < 1.29 is 18.3 Å². The average molecular weight is 298 g/mol. The second kappa shape index (κ2) is 5.41. The zero-order valence-corrected chi connectivity index (χ0v) is 12.1. The van der Waals surface area contributed by atoms with Gasteiger partial charge in [0.15, 0.2) is 0 Å². The molecule has 1 aliphatic rings.